The maximum atomic E-state index is 13.5. The summed E-state index contributed by atoms with van der Waals surface area (Å²) in [5, 5.41) is 9.95. The highest BCUT2D eigenvalue weighted by Crippen LogP contribution is 2.38. The molecule has 0 radical (unpaired) electrons. The zero-order valence-electron chi connectivity index (χ0n) is 17.9. The van der Waals surface area contributed by atoms with Crippen molar-refractivity contribution in [2.45, 2.75) is 18.9 Å². The highest BCUT2D eigenvalue weighted by Gasteiger charge is 2.33. The molecule has 1 atom stereocenters. The van der Waals surface area contributed by atoms with E-state index in [0.717, 1.165) is 36.3 Å². The molecule has 0 spiro atoms. The molecule has 0 amide bonds. The summed E-state index contributed by atoms with van der Waals surface area (Å²) in [5.41, 5.74) is 2.23. The maximum Gasteiger partial charge on any atom is 0.573 e. The number of hydrogen-bond acceptors (Lipinski definition) is 5. The number of pyridine rings is 1. The number of aromatic nitrogens is 1. The van der Waals surface area contributed by atoms with Gasteiger partial charge in [0.05, 0.1) is 0 Å². The lowest BCUT2D eigenvalue weighted by atomic mass is 9.97. The lowest BCUT2D eigenvalue weighted by molar-refractivity contribution is -0.274. The largest absolute Gasteiger partial charge is 0.573 e. The zero-order chi connectivity index (χ0) is 23.6. The van der Waals surface area contributed by atoms with E-state index in [2.05, 4.69) is 19.5 Å². The van der Waals surface area contributed by atoms with Crippen LogP contribution in [0.15, 0.2) is 60.9 Å². The number of phenolic OH excluding ortho intramolecular Hbond substituents is 1. The van der Waals surface area contributed by atoms with Gasteiger partial charge in [0, 0.05) is 55.7 Å². The third kappa shape index (κ3) is 5.61. The first-order chi connectivity index (χ1) is 15.7. The van der Waals surface area contributed by atoms with E-state index in [1.165, 1.54) is 24.4 Å². The smallest absolute Gasteiger partial charge is 0.508 e. The van der Waals surface area contributed by atoms with Crippen molar-refractivity contribution < 1.29 is 27.4 Å². The fourth-order valence-electron chi connectivity index (χ4n) is 4.11. The number of ether oxygens (including phenoxy) is 1. The molecule has 0 aliphatic carbocycles. The number of phenols is 1. The van der Waals surface area contributed by atoms with Crippen LogP contribution in [0.1, 0.15) is 17.2 Å². The van der Waals surface area contributed by atoms with Crippen LogP contribution in [0.3, 0.4) is 0 Å². The summed E-state index contributed by atoms with van der Waals surface area (Å²) in [6, 6.07) is 11.5. The van der Waals surface area contributed by atoms with Crippen LogP contribution in [-0.2, 0) is 6.54 Å². The van der Waals surface area contributed by atoms with Gasteiger partial charge < -0.3 is 14.7 Å². The minimum Gasteiger partial charge on any atom is -0.508 e. The SMILES string of the molecule is CN1CCN(Cc2ccncc2-c2cc(O)ccc2OC(F)(F)F)[C@H](c2ccc(F)cc2)C1. The van der Waals surface area contributed by atoms with Crippen LogP contribution < -0.4 is 4.74 Å². The number of aromatic hydroxyl groups is 1. The average Bonchev–Trinajstić information content (AvgIpc) is 2.76. The molecule has 9 heteroatoms. The van der Waals surface area contributed by atoms with Crippen LogP contribution in [0.5, 0.6) is 11.5 Å². The Labute approximate surface area is 188 Å². The Hall–Kier alpha value is -3.17. The lowest BCUT2D eigenvalue weighted by Gasteiger charge is -2.40. The average molecular weight is 461 g/mol. The molecule has 1 aliphatic heterocycles. The third-order valence-electron chi connectivity index (χ3n) is 5.71. The Morgan fingerprint density at radius 2 is 1.82 bits per heavy atom. The molecule has 1 aliphatic rings. The summed E-state index contributed by atoms with van der Waals surface area (Å²) in [4.78, 5) is 8.48. The number of likely N-dealkylation sites (N-methyl/N-ethyl adjacent to an activating group) is 1. The molecule has 3 aromatic rings. The van der Waals surface area contributed by atoms with Gasteiger partial charge in [-0.15, -0.1) is 13.2 Å². The van der Waals surface area contributed by atoms with Crippen molar-refractivity contribution in [2.24, 2.45) is 0 Å². The van der Waals surface area contributed by atoms with Crippen molar-refractivity contribution in [3.63, 3.8) is 0 Å². The molecule has 1 fully saturated rings. The zero-order valence-corrected chi connectivity index (χ0v) is 17.9. The molecular formula is C24H23F4N3O2. The van der Waals surface area contributed by atoms with Crippen molar-refractivity contribution in [1.29, 1.82) is 0 Å². The van der Waals surface area contributed by atoms with E-state index in [0.29, 0.717) is 18.7 Å². The molecule has 174 valence electrons. The van der Waals surface area contributed by atoms with Gasteiger partial charge >= 0.3 is 6.36 Å². The second kappa shape index (κ2) is 9.36. The summed E-state index contributed by atoms with van der Waals surface area (Å²) in [6.45, 7) is 2.67. The summed E-state index contributed by atoms with van der Waals surface area (Å²) in [5.74, 6) is -0.909. The molecule has 1 N–H and O–H groups in total. The number of hydrogen-bond donors (Lipinski definition) is 1. The first-order valence-corrected chi connectivity index (χ1v) is 10.4. The molecule has 33 heavy (non-hydrogen) atoms. The van der Waals surface area contributed by atoms with Crippen LogP contribution in [0.2, 0.25) is 0 Å². The quantitative estimate of drug-likeness (QED) is 0.543. The van der Waals surface area contributed by atoms with Gasteiger partial charge in [0.2, 0.25) is 0 Å². The van der Waals surface area contributed by atoms with Gasteiger partial charge in [-0.1, -0.05) is 12.1 Å². The molecule has 2 aromatic carbocycles. The van der Waals surface area contributed by atoms with Crippen molar-refractivity contribution in [1.82, 2.24) is 14.8 Å². The van der Waals surface area contributed by atoms with E-state index < -0.39 is 12.1 Å². The van der Waals surface area contributed by atoms with Crippen LogP contribution in [-0.4, -0.2) is 52.9 Å². The lowest BCUT2D eigenvalue weighted by Crippen LogP contribution is -2.46. The van der Waals surface area contributed by atoms with Crippen molar-refractivity contribution in [3.8, 4) is 22.6 Å². The fraction of sp³-hybridized carbons (Fsp3) is 0.292. The normalized spacial score (nSPS) is 17.8. The Bertz CT molecular complexity index is 1110. The van der Waals surface area contributed by atoms with Crippen molar-refractivity contribution in [2.75, 3.05) is 26.7 Å². The Morgan fingerprint density at radius 3 is 2.55 bits per heavy atom. The van der Waals surface area contributed by atoms with Crippen LogP contribution >= 0.6 is 0 Å². The minimum absolute atomic E-state index is 0.0274. The van der Waals surface area contributed by atoms with E-state index >= 15 is 0 Å². The third-order valence-corrected chi connectivity index (χ3v) is 5.71. The van der Waals surface area contributed by atoms with E-state index in [1.54, 1.807) is 24.4 Å². The summed E-state index contributed by atoms with van der Waals surface area (Å²) >= 11 is 0. The summed E-state index contributed by atoms with van der Waals surface area (Å²) in [7, 11) is 2.01. The fourth-order valence-corrected chi connectivity index (χ4v) is 4.11. The molecule has 2 heterocycles. The number of piperazine rings is 1. The van der Waals surface area contributed by atoms with Gasteiger partial charge in [0.15, 0.2) is 0 Å². The standard InChI is InChI=1S/C24H23F4N3O2/c1-30-10-11-31(22(15-30)16-2-4-18(25)5-3-16)14-17-8-9-29-13-21(17)20-12-19(32)6-7-23(20)33-24(26,27)28/h2-9,12-13,22,32H,10-11,14-15H2,1H3/t22-/m0/s1. The highest BCUT2D eigenvalue weighted by atomic mass is 19.4. The summed E-state index contributed by atoms with van der Waals surface area (Å²) < 4.78 is 56.6. The van der Waals surface area contributed by atoms with Gasteiger partial charge in [0.1, 0.15) is 17.3 Å². The number of halogens is 4. The molecule has 4 rings (SSSR count). The van der Waals surface area contributed by atoms with Gasteiger partial charge in [-0.2, -0.15) is 0 Å². The van der Waals surface area contributed by atoms with Gasteiger partial charge in [0.25, 0.3) is 0 Å². The van der Waals surface area contributed by atoms with E-state index in [4.69, 9.17) is 0 Å². The molecule has 0 bridgehead atoms. The van der Waals surface area contributed by atoms with E-state index in [9.17, 15) is 22.7 Å². The topological polar surface area (TPSA) is 48.8 Å². The van der Waals surface area contributed by atoms with Crippen LogP contribution in [0, 0.1) is 5.82 Å². The summed E-state index contributed by atoms with van der Waals surface area (Å²) in [6.07, 6.45) is -1.83. The van der Waals surface area contributed by atoms with E-state index in [-0.39, 0.29) is 23.2 Å². The second-order valence-electron chi connectivity index (χ2n) is 8.06. The predicted molar refractivity (Wildman–Crippen MR) is 115 cm³/mol. The highest BCUT2D eigenvalue weighted by molar-refractivity contribution is 5.74. The van der Waals surface area contributed by atoms with Crippen LogP contribution in [0.25, 0.3) is 11.1 Å². The Morgan fingerprint density at radius 1 is 1.06 bits per heavy atom. The number of alkyl halides is 3. The number of benzene rings is 2. The maximum absolute atomic E-state index is 13.5. The van der Waals surface area contributed by atoms with Gasteiger partial charge in [-0.25, -0.2) is 4.39 Å². The van der Waals surface area contributed by atoms with Crippen molar-refractivity contribution in [3.05, 3.63) is 77.9 Å². The monoisotopic (exact) mass is 461 g/mol. The molecule has 1 saturated heterocycles. The van der Waals surface area contributed by atoms with Gasteiger partial charge in [-0.05, 0) is 54.6 Å². The Kier molecular flexibility index (Phi) is 6.53. The molecule has 0 saturated carbocycles. The Balaban J connectivity index is 1.69. The second-order valence-corrected chi connectivity index (χ2v) is 8.06. The number of rotatable bonds is 5. The molecule has 1 aromatic heterocycles. The van der Waals surface area contributed by atoms with Gasteiger partial charge in [-0.3, -0.25) is 9.88 Å². The molecule has 5 nitrogen and oxygen atoms in total. The minimum atomic E-state index is -4.88. The van der Waals surface area contributed by atoms with Crippen LogP contribution in [0.4, 0.5) is 17.6 Å². The number of nitrogens with zero attached hydrogens (tertiary/aromatic N) is 3. The van der Waals surface area contributed by atoms with E-state index in [1.807, 2.05) is 7.05 Å². The molecular weight excluding hydrogens is 438 g/mol. The first-order valence-electron chi connectivity index (χ1n) is 10.4. The predicted octanol–water partition coefficient (Wildman–Crippen LogP) is 4.98. The van der Waals surface area contributed by atoms with Crippen molar-refractivity contribution >= 4 is 0 Å². The molecule has 0 unspecified atom stereocenters. The first kappa shape index (κ1) is 23.0.